The lowest BCUT2D eigenvalue weighted by molar-refractivity contribution is -0.0160. The number of H-pyrrole nitrogens is 1. The van der Waals surface area contributed by atoms with E-state index >= 15 is 0 Å². The minimum absolute atomic E-state index is 0.0663. The Kier molecular flexibility index (Phi) is 4.58. The van der Waals surface area contributed by atoms with E-state index in [1.165, 1.54) is 5.56 Å². The lowest BCUT2D eigenvalue weighted by Gasteiger charge is -2.34. The number of aromatic nitrogens is 4. The van der Waals surface area contributed by atoms with Crippen molar-refractivity contribution in [3.63, 3.8) is 0 Å². The predicted octanol–water partition coefficient (Wildman–Crippen LogP) is 1.46. The van der Waals surface area contributed by atoms with Crippen molar-refractivity contribution < 1.29 is 4.74 Å². The van der Waals surface area contributed by atoms with Gasteiger partial charge < -0.3 is 9.64 Å². The van der Waals surface area contributed by atoms with E-state index in [1.54, 1.807) is 0 Å². The van der Waals surface area contributed by atoms with Crippen LogP contribution in [0.4, 0.5) is 5.82 Å². The van der Waals surface area contributed by atoms with Crippen LogP contribution in [-0.2, 0) is 11.3 Å². The van der Waals surface area contributed by atoms with Crippen LogP contribution in [0.5, 0.6) is 0 Å². The summed E-state index contributed by atoms with van der Waals surface area (Å²) in [5.74, 6) is 1.76. The molecular weight excluding hydrogens is 292 g/mol. The molecule has 1 N–H and O–H groups in total. The van der Waals surface area contributed by atoms with Gasteiger partial charge in [0.25, 0.3) is 0 Å². The molecule has 0 bridgehead atoms. The Morgan fingerprint density at radius 1 is 1.35 bits per heavy atom. The number of aromatic amines is 1. The van der Waals surface area contributed by atoms with Gasteiger partial charge in [0.2, 0.25) is 0 Å². The van der Waals surface area contributed by atoms with Crippen molar-refractivity contribution in [1.29, 1.82) is 0 Å². The fourth-order valence-electron chi connectivity index (χ4n) is 2.77. The van der Waals surface area contributed by atoms with Crippen molar-refractivity contribution in [2.45, 2.75) is 26.4 Å². The number of rotatable bonds is 4. The molecule has 1 aliphatic rings. The third-order valence-corrected chi connectivity index (χ3v) is 4.16. The largest absolute Gasteiger partial charge is 0.378 e. The molecular formula is C16H24N6O. The standard InChI is InChI=1S/C16H24N6O/c1-11-7-15(21(3)4)19-16(18-11)14-10-23-6-5-22(14)9-13-8-17-20-12(13)2/h7-8,14H,5-6,9-10H2,1-4H3,(H,17,20)/t14-/m0/s1. The molecule has 0 aromatic carbocycles. The van der Waals surface area contributed by atoms with Crippen LogP contribution < -0.4 is 4.90 Å². The smallest absolute Gasteiger partial charge is 0.150 e. The van der Waals surface area contributed by atoms with Crippen LogP contribution >= 0.6 is 0 Å². The molecule has 0 saturated carbocycles. The van der Waals surface area contributed by atoms with Crippen LogP contribution in [0.1, 0.15) is 28.8 Å². The van der Waals surface area contributed by atoms with Crippen LogP contribution in [0, 0.1) is 13.8 Å². The predicted molar refractivity (Wildman–Crippen MR) is 88.4 cm³/mol. The number of aryl methyl sites for hydroxylation is 2. The van der Waals surface area contributed by atoms with Gasteiger partial charge in [-0.2, -0.15) is 5.10 Å². The normalized spacial score (nSPS) is 19.0. The van der Waals surface area contributed by atoms with E-state index in [0.717, 1.165) is 42.7 Å². The van der Waals surface area contributed by atoms with E-state index < -0.39 is 0 Å². The maximum atomic E-state index is 5.70. The van der Waals surface area contributed by atoms with Crippen molar-refractivity contribution in [2.24, 2.45) is 0 Å². The molecule has 0 radical (unpaired) electrons. The van der Waals surface area contributed by atoms with Crippen molar-refractivity contribution >= 4 is 5.82 Å². The molecule has 3 rings (SSSR count). The summed E-state index contributed by atoms with van der Waals surface area (Å²) < 4.78 is 5.70. The van der Waals surface area contributed by atoms with Gasteiger partial charge in [0.15, 0.2) is 0 Å². The summed E-state index contributed by atoms with van der Waals surface area (Å²) in [4.78, 5) is 13.8. The second kappa shape index (κ2) is 6.64. The first-order valence-electron chi connectivity index (χ1n) is 7.88. The SMILES string of the molecule is Cc1cc(N(C)C)nc([C@@H]2COCCN2Cc2cn[nH]c2C)n1. The molecule has 7 nitrogen and oxygen atoms in total. The molecule has 1 fully saturated rings. The Morgan fingerprint density at radius 3 is 2.87 bits per heavy atom. The van der Waals surface area contributed by atoms with E-state index in [1.807, 2.05) is 45.1 Å². The minimum Gasteiger partial charge on any atom is -0.378 e. The highest BCUT2D eigenvalue weighted by atomic mass is 16.5. The summed E-state index contributed by atoms with van der Waals surface area (Å²) in [6, 6.07) is 2.06. The molecule has 1 aliphatic heterocycles. The first-order chi connectivity index (χ1) is 11.0. The van der Waals surface area contributed by atoms with Crippen molar-refractivity contribution in [1.82, 2.24) is 25.1 Å². The number of ether oxygens (including phenoxy) is 1. The van der Waals surface area contributed by atoms with Crippen LogP contribution in [0.15, 0.2) is 12.3 Å². The van der Waals surface area contributed by atoms with Gasteiger partial charge in [-0.3, -0.25) is 10.00 Å². The Hall–Kier alpha value is -1.99. The third-order valence-electron chi connectivity index (χ3n) is 4.16. The molecule has 1 saturated heterocycles. The maximum Gasteiger partial charge on any atom is 0.150 e. The van der Waals surface area contributed by atoms with Crippen LogP contribution in [0.3, 0.4) is 0 Å². The summed E-state index contributed by atoms with van der Waals surface area (Å²) in [5.41, 5.74) is 3.29. The number of anilines is 1. The van der Waals surface area contributed by atoms with Gasteiger partial charge in [0.05, 0.1) is 25.5 Å². The quantitative estimate of drug-likeness (QED) is 0.921. The highest BCUT2D eigenvalue weighted by molar-refractivity contribution is 5.38. The molecule has 7 heteroatoms. The van der Waals surface area contributed by atoms with Crippen molar-refractivity contribution in [2.75, 3.05) is 38.8 Å². The first-order valence-corrected chi connectivity index (χ1v) is 7.88. The third kappa shape index (κ3) is 3.51. The number of hydrogen-bond acceptors (Lipinski definition) is 6. The zero-order chi connectivity index (χ0) is 16.4. The van der Waals surface area contributed by atoms with E-state index in [9.17, 15) is 0 Å². The first kappa shape index (κ1) is 15.9. The number of nitrogens with one attached hydrogen (secondary N) is 1. The Balaban J connectivity index is 1.88. The summed E-state index contributed by atoms with van der Waals surface area (Å²) >= 11 is 0. The van der Waals surface area contributed by atoms with Gasteiger partial charge in [-0.1, -0.05) is 0 Å². The highest BCUT2D eigenvalue weighted by Gasteiger charge is 2.28. The average Bonchev–Trinajstić information content (AvgIpc) is 2.92. The van der Waals surface area contributed by atoms with Crippen LogP contribution in [0.2, 0.25) is 0 Å². The molecule has 0 aliphatic carbocycles. The summed E-state index contributed by atoms with van der Waals surface area (Å²) in [6.07, 6.45) is 1.89. The van der Waals surface area contributed by atoms with Crippen LogP contribution in [0.25, 0.3) is 0 Å². The lowest BCUT2D eigenvalue weighted by atomic mass is 10.1. The molecule has 2 aromatic heterocycles. The van der Waals surface area contributed by atoms with Crippen molar-refractivity contribution in [3.8, 4) is 0 Å². The molecule has 0 spiro atoms. The zero-order valence-corrected chi connectivity index (χ0v) is 14.2. The molecule has 23 heavy (non-hydrogen) atoms. The molecule has 2 aromatic rings. The van der Waals surface area contributed by atoms with Crippen LogP contribution in [-0.4, -0.2) is 58.9 Å². The van der Waals surface area contributed by atoms with Gasteiger partial charge in [-0.15, -0.1) is 0 Å². The minimum atomic E-state index is 0.0663. The summed E-state index contributed by atoms with van der Waals surface area (Å²) in [6.45, 7) is 7.10. The lowest BCUT2D eigenvalue weighted by Crippen LogP contribution is -2.40. The van der Waals surface area contributed by atoms with E-state index in [-0.39, 0.29) is 6.04 Å². The van der Waals surface area contributed by atoms with Crippen molar-refractivity contribution in [3.05, 3.63) is 35.0 Å². The molecule has 0 unspecified atom stereocenters. The van der Waals surface area contributed by atoms with E-state index in [4.69, 9.17) is 9.72 Å². The molecule has 124 valence electrons. The van der Waals surface area contributed by atoms with E-state index in [0.29, 0.717) is 6.61 Å². The number of nitrogens with zero attached hydrogens (tertiary/aromatic N) is 5. The summed E-state index contributed by atoms with van der Waals surface area (Å²) in [5, 5.41) is 7.12. The fourth-order valence-corrected chi connectivity index (χ4v) is 2.77. The fraction of sp³-hybridized carbons (Fsp3) is 0.562. The zero-order valence-electron chi connectivity index (χ0n) is 14.2. The molecule has 3 heterocycles. The monoisotopic (exact) mass is 316 g/mol. The van der Waals surface area contributed by atoms with Gasteiger partial charge in [0.1, 0.15) is 11.6 Å². The molecule has 1 atom stereocenters. The van der Waals surface area contributed by atoms with Gasteiger partial charge >= 0.3 is 0 Å². The van der Waals surface area contributed by atoms with Gasteiger partial charge in [-0.25, -0.2) is 9.97 Å². The van der Waals surface area contributed by atoms with E-state index in [2.05, 4.69) is 20.1 Å². The Bertz CT molecular complexity index is 668. The highest BCUT2D eigenvalue weighted by Crippen LogP contribution is 2.25. The molecule has 0 amide bonds. The topological polar surface area (TPSA) is 70.2 Å². The Labute approximate surface area is 136 Å². The number of morpholine rings is 1. The maximum absolute atomic E-state index is 5.70. The second-order valence-electron chi connectivity index (χ2n) is 6.20. The summed E-state index contributed by atoms with van der Waals surface area (Å²) in [7, 11) is 3.99. The average molecular weight is 316 g/mol. The van der Waals surface area contributed by atoms with Gasteiger partial charge in [0, 0.05) is 50.2 Å². The van der Waals surface area contributed by atoms with Gasteiger partial charge in [-0.05, 0) is 13.8 Å². The Morgan fingerprint density at radius 2 is 2.17 bits per heavy atom. The second-order valence-corrected chi connectivity index (χ2v) is 6.20. The number of hydrogen-bond donors (Lipinski definition) is 1.